The van der Waals surface area contributed by atoms with Gasteiger partial charge in [-0.15, -0.1) is 0 Å². The number of carbonyl (C=O) groups is 2. The molecule has 0 bridgehead atoms. The summed E-state index contributed by atoms with van der Waals surface area (Å²) in [5, 5.41) is 0. The van der Waals surface area contributed by atoms with Crippen LogP contribution >= 0.6 is 0 Å². The maximum atomic E-state index is 10.8. The molecular weight excluding hydrogens is 314 g/mol. The Morgan fingerprint density at radius 1 is 1.18 bits per heavy atom. The summed E-state index contributed by atoms with van der Waals surface area (Å²) in [6.07, 6.45) is 2.59. The normalized spacial score (nSPS) is 16.1. The fourth-order valence-corrected chi connectivity index (χ4v) is 0.921. The van der Waals surface area contributed by atoms with Gasteiger partial charge in [0.05, 0.1) is 0 Å². The van der Waals surface area contributed by atoms with Gasteiger partial charge in [0.15, 0.2) is 0 Å². The first kappa shape index (κ1) is 10.6. The van der Waals surface area contributed by atoms with E-state index in [9.17, 15) is 9.59 Å². The Hall–Kier alpha value is -0.432. The molecule has 0 unspecified atom stereocenters. The van der Waals surface area contributed by atoms with Crippen molar-refractivity contribution in [2.24, 2.45) is 0 Å². The molecule has 0 saturated heterocycles. The second-order valence-corrected chi connectivity index (χ2v) is 2.47. The van der Waals surface area contributed by atoms with Crippen molar-refractivity contribution in [1.29, 1.82) is 0 Å². The molecule has 0 aromatic heterocycles. The molecular formula is C7H9NO2W. The van der Waals surface area contributed by atoms with Gasteiger partial charge < -0.3 is 0 Å². The van der Waals surface area contributed by atoms with Crippen LogP contribution in [0.25, 0.3) is 0 Å². The van der Waals surface area contributed by atoms with Gasteiger partial charge in [-0.3, -0.25) is 14.5 Å². The van der Waals surface area contributed by atoms with Crippen LogP contribution in [0.15, 0.2) is 12.2 Å². The first-order valence-electron chi connectivity index (χ1n) is 3.18. The van der Waals surface area contributed by atoms with E-state index in [0.717, 1.165) is 0 Å². The van der Waals surface area contributed by atoms with E-state index in [1.807, 2.05) is 13.8 Å². The average molecular weight is 323 g/mol. The molecule has 0 saturated carbocycles. The van der Waals surface area contributed by atoms with E-state index in [0.29, 0.717) is 0 Å². The van der Waals surface area contributed by atoms with Crippen molar-refractivity contribution in [2.75, 3.05) is 0 Å². The van der Waals surface area contributed by atoms with Crippen molar-refractivity contribution in [3.8, 4) is 0 Å². The molecule has 1 aliphatic rings. The van der Waals surface area contributed by atoms with Crippen molar-refractivity contribution in [2.45, 2.75) is 19.9 Å². The number of nitrogens with zero attached hydrogens (tertiary/aromatic N) is 1. The van der Waals surface area contributed by atoms with Crippen LogP contribution in [0.2, 0.25) is 0 Å². The van der Waals surface area contributed by atoms with Crippen LogP contribution in [0.4, 0.5) is 0 Å². The van der Waals surface area contributed by atoms with Gasteiger partial charge in [0, 0.05) is 39.3 Å². The zero-order chi connectivity index (χ0) is 7.72. The minimum atomic E-state index is -0.208. The van der Waals surface area contributed by atoms with Gasteiger partial charge >= 0.3 is 0 Å². The van der Waals surface area contributed by atoms with Crippen LogP contribution in [0.1, 0.15) is 13.8 Å². The number of hydrogen-bond acceptors (Lipinski definition) is 2. The molecule has 2 amide bonds. The molecule has 0 fully saturated rings. The van der Waals surface area contributed by atoms with Crippen molar-refractivity contribution >= 4 is 11.8 Å². The topological polar surface area (TPSA) is 37.4 Å². The molecule has 0 N–H and O–H groups in total. The molecule has 0 spiro atoms. The molecule has 0 radical (unpaired) electrons. The molecule has 0 aromatic carbocycles. The van der Waals surface area contributed by atoms with Gasteiger partial charge in [-0.2, -0.15) is 0 Å². The molecule has 60 valence electrons. The van der Waals surface area contributed by atoms with Crippen LogP contribution in [0, 0.1) is 0 Å². The fraction of sp³-hybridized carbons (Fsp3) is 0.429. The van der Waals surface area contributed by atoms with Crippen LogP contribution < -0.4 is 0 Å². The predicted molar refractivity (Wildman–Crippen MR) is 36.1 cm³/mol. The number of carbonyl (C=O) groups excluding carboxylic acids is 2. The van der Waals surface area contributed by atoms with E-state index in [2.05, 4.69) is 0 Å². The zero-order valence-corrected chi connectivity index (χ0v) is 9.34. The van der Waals surface area contributed by atoms with Crippen LogP contribution in [0.3, 0.4) is 0 Å². The summed E-state index contributed by atoms with van der Waals surface area (Å²) in [6.45, 7) is 3.62. The summed E-state index contributed by atoms with van der Waals surface area (Å²) in [5.41, 5.74) is 0. The van der Waals surface area contributed by atoms with Crippen molar-refractivity contribution in [3.63, 3.8) is 0 Å². The van der Waals surface area contributed by atoms with E-state index in [4.69, 9.17) is 0 Å². The molecule has 1 aliphatic heterocycles. The average Bonchev–Trinajstić information content (AvgIpc) is 2.11. The van der Waals surface area contributed by atoms with Crippen molar-refractivity contribution in [3.05, 3.63) is 12.2 Å². The summed E-state index contributed by atoms with van der Waals surface area (Å²) in [4.78, 5) is 22.9. The molecule has 1 heterocycles. The minimum Gasteiger partial charge on any atom is -0.273 e. The molecule has 0 aromatic rings. The minimum absolute atomic E-state index is 0. The second kappa shape index (κ2) is 3.82. The van der Waals surface area contributed by atoms with Gasteiger partial charge in [0.2, 0.25) is 0 Å². The Kier molecular flexibility index (Phi) is 3.67. The third-order valence-corrected chi connectivity index (χ3v) is 1.36. The predicted octanol–water partition coefficient (Wildman–Crippen LogP) is 0.317. The van der Waals surface area contributed by atoms with Gasteiger partial charge in [-0.25, -0.2) is 0 Å². The summed E-state index contributed by atoms with van der Waals surface area (Å²) >= 11 is 0. The van der Waals surface area contributed by atoms with Gasteiger partial charge in [-0.1, -0.05) is 0 Å². The van der Waals surface area contributed by atoms with Crippen molar-refractivity contribution < 1.29 is 30.7 Å². The zero-order valence-electron chi connectivity index (χ0n) is 6.40. The molecule has 1 rings (SSSR count). The van der Waals surface area contributed by atoms with E-state index in [1.54, 1.807) is 0 Å². The first-order valence-corrected chi connectivity index (χ1v) is 3.18. The molecule has 3 nitrogen and oxygen atoms in total. The quantitative estimate of drug-likeness (QED) is 0.652. The fourth-order valence-electron chi connectivity index (χ4n) is 0.921. The van der Waals surface area contributed by atoms with Crippen LogP contribution in [0.5, 0.6) is 0 Å². The van der Waals surface area contributed by atoms with Crippen LogP contribution in [-0.4, -0.2) is 22.8 Å². The van der Waals surface area contributed by atoms with Crippen LogP contribution in [-0.2, 0) is 30.7 Å². The number of hydrogen-bond donors (Lipinski definition) is 0. The Labute approximate surface area is 79.7 Å². The molecule has 0 aliphatic carbocycles. The first-order chi connectivity index (χ1) is 4.63. The largest absolute Gasteiger partial charge is 0.273 e. The summed E-state index contributed by atoms with van der Waals surface area (Å²) in [6, 6.07) is -0.0324. The third-order valence-electron chi connectivity index (χ3n) is 1.36. The molecule has 11 heavy (non-hydrogen) atoms. The Bertz CT molecular complexity index is 192. The Morgan fingerprint density at radius 2 is 1.55 bits per heavy atom. The summed E-state index contributed by atoms with van der Waals surface area (Å²) in [5.74, 6) is -0.417. The second-order valence-electron chi connectivity index (χ2n) is 2.47. The maximum absolute atomic E-state index is 10.8. The molecule has 0 atom stereocenters. The van der Waals surface area contributed by atoms with Gasteiger partial charge in [0.25, 0.3) is 11.8 Å². The smallest absolute Gasteiger partial charge is 0.253 e. The van der Waals surface area contributed by atoms with E-state index in [-0.39, 0.29) is 38.9 Å². The number of rotatable bonds is 1. The Balaban J connectivity index is 0.000001000. The standard InChI is InChI=1S/C7H9NO2.W/c1-5(2)8-6(9)3-4-7(8)10;/h3-5H,1-2H3;. The summed E-state index contributed by atoms with van der Waals surface area (Å²) in [7, 11) is 0. The number of amides is 2. The van der Waals surface area contributed by atoms with E-state index < -0.39 is 0 Å². The SMILES string of the molecule is CC(C)N1C(=O)C=CC1=O.[W]. The molecule has 4 heteroatoms. The number of imide groups is 1. The van der Waals surface area contributed by atoms with Gasteiger partial charge in [0.1, 0.15) is 0 Å². The summed E-state index contributed by atoms with van der Waals surface area (Å²) < 4.78 is 0. The van der Waals surface area contributed by atoms with E-state index >= 15 is 0 Å². The Morgan fingerprint density at radius 3 is 1.73 bits per heavy atom. The van der Waals surface area contributed by atoms with Gasteiger partial charge in [-0.05, 0) is 13.8 Å². The van der Waals surface area contributed by atoms with E-state index in [1.165, 1.54) is 17.1 Å². The third kappa shape index (κ3) is 2.00. The monoisotopic (exact) mass is 323 g/mol. The maximum Gasteiger partial charge on any atom is 0.253 e. The van der Waals surface area contributed by atoms with Crippen molar-refractivity contribution in [1.82, 2.24) is 4.90 Å².